The summed E-state index contributed by atoms with van der Waals surface area (Å²) >= 11 is 0. The van der Waals surface area contributed by atoms with Crippen LogP contribution in [0.15, 0.2) is 174 Å². The second-order valence-electron chi connectivity index (χ2n) is 15.9. The molecule has 0 fully saturated rings. The largest absolute Gasteiger partial charge is 0.219 e. The minimum atomic E-state index is -3.93. The monoisotopic (exact) mass is 712 g/mol. The van der Waals surface area contributed by atoms with Crippen molar-refractivity contribution in [3.63, 3.8) is 0 Å². The average molecular weight is 713 g/mol. The number of hydrogen-bond acceptors (Lipinski definition) is 2. The molecule has 54 heavy (non-hydrogen) atoms. The topological polar surface area (TPSA) is 34.1 Å². The highest BCUT2D eigenvalue weighted by atomic mass is 32.2. The minimum Gasteiger partial charge on any atom is -0.219 e. The number of rotatable bonds is 2. The van der Waals surface area contributed by atoms with Crippen LogP contribution in [0.1, 0.15) is 68.8 Å². The smallest absolute Gasteiger partial charge is 0.206 e. The minimum absolute atomic E-state index is 0.296. The van der Waals surface area contributed by atoms with Crippen LogP contribution in [-0.2, 0) is 20.7 Å². The zero-order valence-corrected chi connectivity index (χ0v) is 30.7. The number of allylic oxidation sites excluding steroid dienone is 2. The van der Waals surface area contributed by atoms with Crippen molar-refractivity contribution in [2.75, 3.05) is 0 Å². The molecule has 12 rings (SSSR count). The maximum Gasteiger partial charge on any atom is 0.206 e. The third-order valence-corrected chi connectivity index (χ3v) is 15.4. The highest BCUT2D eigenvalue weighted by molar-refractivity contribution is 7.91. The molecule has 2 spiro atoms. The van der Waals surface area contributed by atoms with E-state index in [-0.39, 0.29) is 0 Å². The summed E-state index contributed by atoms with van der Waals surface area (Å²) < 4.78 is 30.5. The summed E-state index contributed by atoms with van der Waals surface area (Å²) in [6.45, 7) is 2.15. The van der Waals surface area contributed by atoms with Gasteiger partial charge in [0.1, 0.15) is 0 Å². The molecule has 7 aromatic rings. The third kappa shape index (κ3) is 3.51. The SMILES string of the molecule is Cc1ccc2c(c1)C1(c3ccccc3-c3ccccc31)c1cc(S(=O)(=O)c3ccc4c(c3)C3(c5ccccc5-4)c4ccccc4C4C=CCCC43)ccc1-2. The summed E-state index contributed by atoms with van der Waals surface area (Å²) in [5, 5.41) is 0. The first-order valence-corrected chi connectivity index (χ1v) is 20.6. The molecule has 0 saturated heterocycles. The van der Waals surface area contributed by atoms with Gasteiger partial charge in [0.2, 0.25) is 9.84 Å². The van der Waals surface area contributed by atoms with Gasteiger partial charge in [0.25, 0.3) is 0 Å². The Hall–Kier alpha value is -5.77. The van der Waals surface area contributed by atoms with Gasteiger partial charge in [0.15, 0.2) is 0 Å². The first kappa shape index (κ1) is 30.7. The molecule has 0 saturated carbocycles. The van der Waals surface area contributed by atoms with E-state index in [1.807, 2.05) is 24.3 Å². The van der Waals surface area contributed by atoms with E-state index < -0.39 is 20.7 Å². The lowest BCUT2D eigenvalue weighted by Crippen LogP contribution is -2.34. The Morgan fingerprint density at radius 2 is 1.00 bits per heavy atom. The Kier molecular flexibility index (Phi) is 5.94. The lowest BCUT2D eigenvalue weighted by molar-refractivity contribution is 0.351. The average Bonchev–Trinajstić information content (AvgIpc) is 3.89. The number of benzene rings is 7. The van der Waals surface area contributed by atoms with Gasteiger partial charge in [0.05, 0.1) is 20.6 Å². The molecule has 3 heteroatoms. The van der Waals surface area contributed by atoms with Crippen molar-refractivity contribution in [3.05, 3.63) is 214 Å². The summed E-state index contributed by atoms with van der Waals surface area (Å²) in [6.07, 6.45) is 6.82. The van der Waals surface area contributed by atoms with E-state index in [0.29, 0.717) is 21.6 Å². The van der Waals surface area contributed by atoms with Gasteiger partial charge >= 0.3 is 0 Å². The zero-order chi connectivity index (χ0) is 36.0. The van der Waals surface area contributed by atoms with Crippen molar-refractivity contribution in [2.24, 2.45) is 5.92 Å². The van der Waals surface area contributed by atoms with Gasteiger partial charge in [-0.05, 0) is 128 Å². The molecule has 258 valence electrons. The number of aryl methyl sites for hydroxylation is 1. The molecule has 0 heterocycles. The van der Waals surface area contributed by atoms with Gasteiger partial charge in [-0.1, -0.05) is 145 Å². The fourth-order valence-electron chi connectivity index (χ4n) is 11.7. The van der Waals surface area contributed by atoms with Crippen LogP contribution in [0.5, 0.6) is 0 Å². The second kappa shape index (κ2) is 10.5. The van der Waals surface area contributed by atoms with Crippen molar-refractivity contribution in [2.45, 2.75) is 46.3 Å². The van der Waals surface area contributed by atoms with Crippen LogP contribution in [0.3, 0.4) is 0 Å². The van der Waals surface area contributed by atoms with Gasteiger partial charge in [-0.15, -0.1) is 0 Å². The van der Waals surface area contributed by atoms with Crippen LogP contribution in [0.4, 0.5) is 0 Å². The standard InChI is InChI=1S/C51H36O2S/c1-31-22-25-39-41-27-24-33(30-49(41)51(47(39)28-31)45-20-10-4-14-36(45)37-15-5-11-21-46(37)51)54(52,53)32-23-26-40-38-16-6-9-19-44(38)50(48(40)29-32)42-17-7-2-12-34(42)35-13-3-8-18-43(35)50/h2-7,9-17,19-30,35,43H,8,18H2,1H3. The molecule has 0 aromatic heterocycles. The molecule has 0 bridgehead atoms. The van der Waals surface area contributed by atoms with Crippen LogP contribution in [0, 0.1) is 12.8 Å². The van der Waals surface area contributed by atoms with Crippen LogP contribution < -0.4 is 0 Å². The Morgan fingerprint density at radius 3 is 1.69 bits per heavy atom. The van der Waals surface area contributed by atoms with Gasteiger partial charge < -0.3 is 0 Å². The van der Waals surface area contributed by atoms with E-state index in [9.17, 15) is 0 Å². The summed E-state index contributed by atoms with van der Waals surface area (Å²) in [5.41, 5.74) is 17.0. The van der Waals surface area contributed by atoms with Crippen molar-refractivity contribution >= 4 is 9.84 Å². The highest BCUT2D eigenvalue weighted by Crippen LogP contribution is 2.67. The van der Waals surface area contributed by atoms with Crippen molar-refractivity contribution in [1.82, 2.24) is 0 Å². The number of hydrogen-bond donors (Lipinski definition) is 0. The Bertz CT molecular complexity index is 2900. The van der Waals surface area contributed by atoms with Gasteiger partial charge in [-0.25, -0.2) is 8.42 Å². The van der Waals surface area contributed by atoms with Crippen LogP contribution in [-0.4, -0.2) is 8.42 Å². The van der Waals surface area contributed by atoms with E-state index in [0.717, 1.165) is 35.1 Å². The lowest BCUT2D eigenvalue weighted by Gasteiger charge is -2.38. The van der Waals surface area contributed by atoms with Crippen LogP contribution in [0.25, 0.3) is 33.4 Å². The van der Waals surface area contributed by atoms with Gasteiger partial charge in [-0.3, -0.25) is 0 Å². The first-order valence-electron chi connectivity index (χ1n) is 19.2. The molecular weight excluding hydrogens is 677 g/mol. The first-order chi connectivity index (χ1) is 26.4. The predicted octanol–water partition coefficient (Wildman–Crippen LogP) is 11.5. The molecule has 0 N–H and O–H groups in total. The highest BCUT2D eigenvalue weighted by Gasteiger charge is 2.58. The molecule has 5 aliphatic rings. The Balaban J connectivity index is 1.09. The number of fused-ring (bicyclic) bond motifs is 20. The second-order valence-corrected chi connectivity index (χ2v) is 17.8. The summed E-state index contributed by atoms with van der Waals surface area (Å²) in [4.78, 5) is 0.690. The van der Waals surface area contributed by atoms with E-state index in [1.165, 1.54) is 61.2 Å². The van der Waals surface area contributed by atoms with Crippen molar-refractivity contribution in [3.8, 4) is 33.4 Å². The van der Waals surface area contributed by atoms with E-state index in [2.05, 4.69) is 146 Å². The maximum absolute atomic E-state index is 15.2. The maximum atomic E-state index is 15.2. The summed E-state index contributed by atoms with van der Waals surface area (Å²) in [6, 6.07) is 53.6. The molecule has 0 aliphatic heterocycles. The molecule has 3 atom stereocenters. The molecular formula is C51H36O2S. The lowest BCUT2D eigenvalue weighted by atomic mass is 9.64. The molecule has 5 aliphatic carbocycles. The summed E-state index contributed by atoms with van der Waals surface area (Å²) in [7, 11) is -3.93. The van der Waals surface area contributed by atoms with E-state index in [4.69, 9.17) is 0 Å². The molecule has 7 aromatic carbocycles. The van der Waals surface area contributed by atoms with Crippen molar-refractivity contribution < 1.29 is 8.42 Å². The fraction of sp³-hybridized carbons (Fsp3) is 0.137. The fourth-order valence-corrected chi connectivity index (χ4v) is 13.0. The Morgan fingerprint density at radius 1 is 0.500 bits per heavy atom. The Labute approximate surface area is 316 Å². The van der Waals surface area contributed by atoms with Gasteiger partial charge in [0, 0.05) is 5.92 Å². The number of sulfone groups is 1. The molecule has 0 radical (unpaired) electrons. The molecule has 3 unspecified atom stereocenters. The van der Waals surface area contributed by atoms with E-state index in [1.54, 1.807) is 0 Å². The quantitative estimate of drug-likeness (QED) is 0.167. The summed E-state index contributed by atoms with van der Waals surface area (Å²) in [5.74, 6) is 0.606. The van der Waals surface area contributed by atoms with E-state index >= 15 is 8.42 Å². The van der Waals surface area contributed by atoms with Gasteiger partial charge in [-0.2, -0.15) is 0 Å². The van der Waals surface area contributed by atoms with Crippen molar-refractivity contribution in [1.29, 1.82) is 0 Å². The normalized spacial score (nSPS) is 21.2. The van der Waals surface area contributed by atoms with Crippen LogP contribution >= 0.6 is 0 Å². The van der Waals surface area contributed by atoms with Crippen LogP contribution in [0.2, 0.25) is 0 Å². The predicted molar refractivity (Wildman–Crippen MR) is 216 cm³/mol. The third-order valence-electron chi connectivity index (χ3n) is 13.6. The molecule has 0 amide bonds. The molecule has 2 nitrogen and oxygen atoms in total. The zero-order valence-electron chi connectivity index (χ0n) is 29.9.